The van der Waals surface area contributed by atoms with Crippen LogP contribution >= 0.6 is 24.0 Å². The zero-order valence-corrected chi connectivity index (χ0v) is 21.2. The lowest BCUT2D eigenvalue weighted by Gasteiger charge is -2.33. The van der Waals surface area contributed by atoms with Gasteiger partial charge in [0, 0.05) is 45.0 Å². The number of halogens is 1. The maximum absolute atomic E-state index is 5.76. The molecule has 2 aromatic rings. The van der Waals surface area contributed by atoms with Crippen LogP contribution in [0.25, 0.3) is 0 Å². The van der Waals surface area contributed by atoms with Crippen LogP contribution < -0.4 is 15.5 Å². The average molecular weight is 554 g/mol. The number of rotatable bonds is 7. The Hall–Kier alpha value is -1.85. The molecule has 1 unspecified atom stereocenters. The number of ether oxygens (including phenoxy) is 1. The van der Waals surface area contributed by atoms with Gasteiger partial charge in [0.25, 0.3) is 0 Å². The number of furan rings is 1. The summed E-state index contributed by atoms with van der Waals surface area (Å²) in [6.45, 7) is 6.87. The molecule has 2 aliphatic heterocycles. The van der Waals surface area contributed by atoms with E-state index in [1.54, 1.807) is 6.26 Å². The summed E-state index contributed by atoms with van der Waals surface area (Å²) in [5.74, 6) is 2.81. The van der Waals surface area contributed by atoms with Gasteiger partial charge in [0.05, 0.1) is 25.5 Å². The van der Waals surface area contributed by atoms with Gasteiger partial charge in [-0.3, -0.25) is 9.89 Å². The predicted octanol–water partition coefficient (Wildman–Crippen LogP) is 3.02. The van der Waals surface area contributed by atoms with Gasteiger partial charge in [-0.05, 0) is 44.1 Å². The Morgan fingerprint density at radius 3 is 2.62 bits per heavy atom. The van der Waals surface area contributed by atoms with E-state index in [9.17, 15) is 0 Å². The Morgan fingerprint density at radius 2 is 1.91 bits per heavy atom. The number of nitrogens with zero attached hydrogens (tertiary/aromatic N) is 4. The molecule has 2 N–H and O–H groups in total. The number of hydrogen-bond acceptors (Lipinski definition) is 6. The molecule has 2 saturated heterocycles. The smallest absolute Gasteiger partial charge is 0.191 e. The number of anilines is 1. The van der Waals surface area contributed by atoms with Crippen molar-refractivity contribution >= 4 is 35.8 Å². The summed E-state index contributed by atoms with van der Waals surface area (Å²) in [7, 11) is 1.81. The van der Waals surface area contributed by atoms with Gasteiger partial charge in [-0.2, -0.15) is 0 Å². The number of likely N-dealkylation sites (tertiary alicyclic amines) is 1. The molecule has 0 radical (unpaired) electrons. The molecule has 9 heteroatoms. The van der Waals surface area contributed by atoms with Crippen molar-refractivity contribution in [3.63, 3.8) is 0 Å². The Balaban J connectivity index is 0.00000289. The van der Waals surface area contributed by atoms with Crippen molar-refractivity contribution in [1.29, 1.82) is 0 Å². The molecule has 32 heavy (non-hydrogen) atoms. The minimum atomic E-state index is 0. The van der Waals surface area contributed by atoms with Gasteiger partial charge in [0.2, 0.25) is 0 Å². The second-order valence-electron chi connectivity index (χ2n) is 8.02. The minimum absolute atomic E-state index is 0. The lowest BCUT2D eigenvalue weighted by Crippen LogP contribution is -2.44. The summed E-state index contributed by atoms with van der Waals surface area (Å²) in [6.07, 6.45) is 7.42. The number of aliphatic imine (C=N–C) groups is 1. The van der Waals surface area contributed by atoms with Gasteiger partial charge in [0.1, 0.15) is 11.6 Å². The number of pyridine rings is 1. The van der Waals surface area contributed by atoms with Crippen LogP contribution in [0.1, 0.15) is 36.6 Å². The Bertz CT molecular complexity index is 820. The van der Waals surface area contributed by atoms with Crippen LogP contribution in [0.5, 0.6) is 0 Å². The molecular formula is C23H35IN6O2. The predicted molar refractivity (Wildman–Crippen MR) is 138 cm³/mol. The van der Waals surface area contributed by atoms with Crippen molar-refractivity contribution in [2.75, 3.05) is 57.9 Å². The number of piperidine rings is 1. The zero-order chi connectivity index (χ0) is 21.3. The van der Waals surface area contributed by atoms with E-state index in [1.165, 1.54) is 19.3 Å². The van der Waals surface area contributed by atoms with E-state index in [0.717, 1.165) is 69.0 Å². The zero-order valence-electron chi connectivity index (χ0n) is 18.8. The van der Waals surface area contributed by atoms with E-state index in [2.05, 4.69) is 42.5 Å². The van der Waals surface area contributed by atoms with Crippen LogP contribution in [-0.2, 0) is 11.3 Å². The Labute approximate surface area is 207 Å². The lowest BCUT2D eigenvalue weighted by molar-refractivity contribution is 0.122. The molecule has 2 aromatic heterocycles. The highest BCUT2D eigenvalue weighted by Gasteiger charge is 2.24. The Kier molecular flexibility index (Phi) is 10.1. The van der Waals surface area contributed by atoms with Gasteiger partial charge < -0.3 is 24.7 Å². The lowest BCUT2D eigenvalue weighted by atomic mass is 10.1. The SMILES string of the molecule is CN=C(NCc1cccnc1N1CCOCC1)NCC(c1ccco1)N1CCCCC1.I. The van der Waals surface area contributed by atoms with Crippen molar-refractivity contribution in [1.82, 2.24) is 20.5 Å². The molecule has 4 rings (SSSR count). The molecule has 0 spiro atoms. The van der Waals surface area contributed by atoms with Crippen molar-refractivity contribution in [2.24, 2.45) is 4.99 Å². The molecule has 4 heterocycles. The molecule has 2 fully saturated rings. The third kappa shape index (κ3) is 6.58. The highest BCUT2D eigenvalue weighted by Crippen LogP contribution is 2.24. The highest BCUT2D eigenvalue weighted by molar-refractivity contribution is 14.0. The standard InChI is InChI=1S/C23H34N6O2.HI/c1-24-23(26-17-19-7-5-9-25-22(19)29-12-15-30-16-13-29)27-18-20(21-8-6-14-31-21)28-10-3-2-4-11-28;/h5-9,14,20H,2-4,10-13,15-18H2,1H3,(H2,24,26,27);1H. The van der Waals surface area contributed by atoms with Gasteiger partial charge in [-0.15, -0.1) is 24.0 Å². The van der Waals surface area contributed by atoms with E-state index in [0.29, 0.717) is 6.54 Å². The number of guanidine groups is 1. The molecule has 1 atom stereocenters. The quantitative estimate of drug-likeness (QED) is 0.310. The first-order valence-electron chi connectivity index (χ1n) is 11.3. The van der Waals surface area contributed by atoms with Crippen LogP contribution in [0, 0.1) is 0 Å². The molecular weight excluding hydrogens is 519 g/mol. The summed E-state index contributed by atoms with van der Waals surface area (Å²) < 4.78 is 11.2. The largest absolute Gasteiger partial charge is 0.468 e. The monoisotopic (exact) mass is 554 g/mol. The molecule has 0 amide bonds. The van der Waals surface area contributed by atoms with Gasteiger partial charge >= 0.3 is 0 Å². The van der Waals surface area contributed by atoms with Crippen molar-refractivity contribution in [3.8, 4) is 0 Å². The first-order valence-corrected chi connectivity index (χ1v) is 11.3. The summed E-state index contributed by atoms with van der Waals surface area (Å²) >= 11 is 0. The first kappa shape index (κ1) is 24.8. The van der Waals surface area contributed by atoms with Crippen LogP contribution in [-0.4, -0.2) is 68.8 Å². The topological polar surface area (TPSA) is 78.2 Å². The fourth-order valence-corrected chi connectivity index (χ4v) is 4.34. The molecule has 0 aromatic carbocycles. The summed E-state index contributed by atoms with van der Waals surface area (Å²) in [6, 6.07) is 8.35. The molecule has 0 bridgehead atoms. The van der Waals surface area contributed by atoms with Crippen LogP contribution in [0.4, 0.5) is 5.82 Å². The molecule has 2 aliphatic rings. The average Bonchev–Trinajstić information content (AvgIpc) is 3.37. The third-order valence-corrected chi connectivity index (χ3v) is 6.01. The maximum Gasteiger partial charge on any atom is 0.191 e. The normalized spacial score (nSPS) is 18.7. The number of aromatic nitrogens is 1. The van der Waals surface area contributed by atoms with E-state index in [-0.39, 0.29) is 30.0 Å². The second-order valence-corrected chi connectivity index (χ2v) is 8.02. The first-order chi connectivity index (χ1) is 15.3. The molecule has 0 aliphatic carbocycles. The Morgan fingerprint density at radius 1 is 1.09 bits per heavy atom. The van der Waals surface area contributed by atoms with Crippen LogP contribution in [0.2, 0.25) is 0 Å². The van der Waals surface area contributed by atoms with Gasteiger partial charge in [-0.1, -0.05) is 12.5 Å². The van der Waals surface area contributed by atoms with E-state index < -0.39 is 0 Å². The maximum atomic E-state index is 5.76. The highest BCUT2D eigenvalue weighted by atomic mass is 127. The number of nitrogens with one attached hydrogen (secondary N) is 2. The van der Waals surface area contributed by atoms with Crippen LogP contribution in [0.15, 0.2) is 46.1 Å². The fourth-order valence-electron chi connectivity index (χ4n) is 4.34. The molecule has 0 saturated carbocycles. The fraction of sp³-hybridized carbons (Fsp3) is 0.565. The molecule has 8 nitrogen and oxygen atoms in total. The minimum Gasteiger partial charge on any atom is -0.468 e. The summed E-state index contributed by atoms with van der Waals surface area (Å²) in [5, 5.41) is 6.97. The summed E-state index contributed by atoms with van der Waals surface area (Å²) in [5.41, 5.74) is 1.16. The summed E-state index contributed by atoms with van der Waals surface area (Å²) in [4.78, 5) is 13.9. The second kappa shape index (κ2) is 13.0. The van der Waals surface area contributed by atoms with E-state index in [4.69, 9.17) is 9.15 Å². The van der Waals surface area contributed by atoms with Crippen molar-refractivity contribution < 1.29 is 9.15 Å². The van der Waals surface area contributed by atoms with Crippen LogP contribution in [0.3, 0.4) is 0 Å². The number of morpholine rings is 1. The van der Waals surface area contributed by atoms with E-state index in [1.807, 2.05) is 25.4 Å². The van der Waals surface area contributed by atoms with Crippen molar-refractivity contribution in [3.05, 3.63) is 48.0 Å². The third-order valence-electron chi connectivity index (χ3n) is 6.01. The van der Waals surface area contributed by atoms with Gasteiger partial charge in [-0.25, -0.2) is 4.98 Å². The van der Waals surface area contributed by atoms with E-state index >= 15 is 0 Å². The number of hydrogen-bond donors (Lipinski definition) is 2. The molecule has 176 valence electrons. The van der Waals surface area contributed by atoms with Crippen molar-refractivity contribution in [2.45, 2.75) is 31.8 Å². The van der Waals surface area contributed by atoms with Gasteiger partial charge in [0.15, 0.2) is 5.96 Å².